The van der Waals surface area contributed by atoms with Crippen molar-refractivity contribution in [3.8, 4) is 0 Å². The molecular weight excluding hydrogens is 252 g/mol. The minimum absolute atomic E-state index is 0.587. The van der Waals surface area contributed by atoms with Crippen molar-refractivity contribution in [2.24, 2.45) is 5.92 Å². The Hall–Kier alpha value is -1.10. The molecule has 0 aromatic carbocycles. The van der Waals surface area contributed by atoms with Gasteiger partial charge in [-0.15, -0.1) is 0 Å². The number of hydrogen-bond acceptors (Lipinski definition) is 4. The van der Waals surface area contributed by atoms with Crippen LogP contribution in [0.1, 0.15) is 12.7 Å². The summed E-state index contributed by atoms with van der Waals surface area (Å²) in [7, 11) is 4.24. The van der Waals surface area contributed by atoms with Crippen LogP contribution in [0.2, 0.25) is 0 Å². The van der Waals surface area contributed by atoms with Gasteiger partial charge in [0.05, 0.1) is 19.5 Å². The van der Waals surface area contributed by atoms with Crippen LogP contribution < -0.4 is 0 Å². The fourth-order valence-electron chi connectivity index (χ4n) is 2.74. The normalized spacial score (nSPS) is 22.2. The van der Waals surface area contributed by atoms with Gasteiger partial charge in [-0.05, 0) is 39.2 Å². The summed E-state index contributed by atoms with van der Waals surface area (Å²) < 4.78 is 11.1. The number of ether oxygens (including phenoxy) is 1. The van der Waals surface area contributed by atoms with Crippen LogP contribution in [0.25, 0.3) is 6.08 Å². The Morgan fingerprint density at radius 1 is 1.50 bits per heavy atom. The van der Waals surface area contributed by atoms with Gasteiger partial charge < -0.3 is 14.1 Å². The van der Waals surface area contributed by atoms with E-state index in [1.165, 1.54) is 5.57 Å². The van der Waals surface area contributed by atoms with Crippen LogP contribution in [0.15, 0.2) is 28.4 Å². The molecule has 0 aliphatic carbocycles. The zero-order valence-electron chi connectivity index (χ0n) is 12.8. The Bertz CT molecular complexity index is 412. The Kier molecular flexibility index (Phi) is 5.83. The molecule has 1 aliphatic heterocycles. The quantitative estimate of drug-likeness (QED) is 0.825. The van der Waals surface area contributed by atoms with Crippen molar-refractivity contribution in [3.05, 3.63) is 29.7 Å². The predicted molar refractivity (Wildman–Crippen MR) is 81.7 cm³/mol. The largest absolute Gasteiger partial charge is 0.465 e. The smallest absolute Gasteiger partial charge is 0.126 e. The minimum atomic E-state index is 0.587. The molecule has 4 heteroatoms. The molecule has 1 saturated heterocycles. The average Bonchev–Trinajstić information content (AvgIpc) is 2.77. The standard InChI is InChI=1S/C16H26N2O2/c1-14(9-16-5-4-7-20-16)10-18-6-8-19-13-15(12-18)11-17(2)3/h4-5,7,9,15H,6,8,10-13H2,1-3H3/b14-9+. The average molecular weight is 278 g/mol. The summed E-state index contributed by atoms with van der Waals surface area (Å²) in [5, 5.41) is 0. The summed E-state index contributed by atoms with van der Waals surface area (Å²) in [5.41, 5.74) is 1.32. The Labute approximate surface area is 122 Å². The van der Waals surface area contributed by atoms with E-state index in [0.717, 1.165) is 45.2 Å². The zero-order valence-corrected chi connectivity index (χ0v) is 12.8. The van der Waals surface area contributed by atoms with Crippen molar-refractivity contribution < 1.29 is 9.15 Å². The van der Waals surface area contributed by atoms with Crippen molar-refractivity contribution in [2.75, 3.05) is 53.5 Å². The van der Waals surface area contributed by atoms with Gasteiger partial charge in [0.1, 0.15) is 5.76 Å². The Morgan fingerprint density at radius 2 is 2.35 bits per heavy atom. The van der Waals surface area contributed by atoms with Gasteiger partial charge in [-0.3, -0.25) is 4.90 Å². The summed E-state index contributed by atoms with van der Waals surface area (Å²) >= 11 is 0. The zero-order chi connectivity index (χ0) is 14.4. The molecule has 0 radical (unpaired) electrons. The van der Waals surface area contributed by atoms with E-state index in [1.807, 2.05) is 12.1 Å². The molecule has 20 heavy (non-hydrogen) atoms. The number of furan rings is 1. The predicted octanol–water partition coefficient (Wildman–Crippen LogP) is 2.19. The second kappa shape index (κ2) is 7.62. The summed E-state index contributed by atoms with van der Waals surface area (Å²) in [6.45, 7) is 8.03. The number of hydrogen-bond donors (Lipinski definition) is 0. The van der Waals surface area contributed by atoms with Crippen molar-refractivity contribution >= 4 is 6.08 Å². The van der Waals surface area contributed by atoms with E-state index in [1.54, 1.807) is 6.26 Å². The highest BCUT2D eigenvalue weighted by Gasteiger charge is 2.19. The van der Waals surface area contributed by atoms with E-state index in [0.29, 0.717) is 5.92 Å². The molecule has 1 aromatic rings. The van der Waals surface area contributed by atoms with E-state index in [4.69, 9.17) is 9.15 Å². The van der Waals surface area contributed by atoms with Crippen LogP contribution in [-0.2, 0) is 4.74 Å². The van der Waals surface area contributed by atoms with Crippen LogP contribution >= 0.6 is 0 Å². The third kappa shape index (κ3) is 5.12. The van der Waals surface area contributed by atoms with Gasteiger partial charge >= 0.3 is 0 Å². The Balaban J connectivity index is 1.90. The molecule has 0 amide bonds. The second-order valence-corrected chi connectivity index (χ2v) is 5.94. The van der Waals surface area contributed by atoms with E-state index >= 15 is 0 Å². The maximum atomic E-state index is 5.72. The molecule has 0 N–H and O–H groups in total. The summed E-state index contributed by atoms with van der Waals surface area (Å²) in [5.74, 6) is 1.52. The van der Waals surface area contributed by atoms with Crippen molar-refractivity contribution in [3.63, 3.8) is 0 Å². The highest BCUT2D eigenvalue weighted by molar-refractivity contribution is 5.46. The summed E-state index contributed by atoms with van der Waals surface area (Å²) in [4.78, 5) is 4.72. The van der Waals surface area contributed by atoms with E-state index in [9.17, 15) is 0 Å². The molecular formula is C16H26N2O2. The lowest BCUT2D eigenvalue weighted by Crippen LogP contribution is -2.35. The van der Waals surface area contributed by atoms with Gasteiger partial charge in [0.2, 0.25) is 0 Å². The topological polar surface area (TPSA) is 28.9 Å². The highest BCUT2D eigenvalue weighted by Crippen LogP contribution is 2.12. The Morgan fingerprint density at radius 3 is 3.05 bits per heavy atom. The van der Waals surface area contributed by atoms with Crippen LogP contribution in [0, 0.1) is 5.92 Å². The van der Waals surface area contributed by atoms with Crippen molar-refractivity contribution in [2.45, 2.75) is 6.92 Å². The molecule has 2 heterocycles. The minimum Gasteiger partial charge on any atom is -0.465 e. The van der Waals surface area contributed by atoms with Crippen molar-refractivity contribution in [1.82, 2.24) is 9.80 Å². The van der Waals surface area contributed by atoms with Crippen LogP contribution in [0.5, 0.6) is 0 Å². The molecule has 112 valence electrons. The third-order valence-electron chi connectivity index (χ3n) is 3.45. The molecule has 4 nitrogen and oxygen atoms in total. The van der Waals surface area contributed by atoms with Crippen LogP contribution in [-0.4, -0.2) is 63.3 Å². The van der Waals surface area contributed by atoms with Gasteiger partial charge in [-0.1, -0.05) is 5.57 Å². The van der Waals surface area contributed by atoms with E-state index in [-0.39, 0.29) is 0 Å². The van der Waals surface area contributed by atoms with Gasteiger partial charge in [0.25, 0.3) is 0 Å². The molecule has 2 rings (SSSR count). The lowest BCUT2D eigenvalue weighted by atomic mass is 10.1. The third-order valence-corrected chi connectivity index (χ3v) is 3.45. The molecule has 0 bridgehead atoms. The van der Waals surface area contributed by atoms with Crippen molar-refractivity contribution in [1.29, 1.82) is 0 Å². The first-order valence-electron chi connectivity index (χ1n) is 7.29. The van der Waals surface area contributed by atoms with Crippen LogP contribution in [0.3, 0.4) is 0 Å². The first-order chi connectivity index (χ1) is 9.63. The maximum absolute atomic E-state index is 5.72. The van der Waals surface area contributed by atoms with Gasteiger partial charge in [0, 0.05) is 32.1 Å². The van der Waals surface area contributed by atoms with Gasteiger partial charge in [-0.25, -0.2) is 0 Å². The SMILES string of the molecule is C/C(=C\c1ccco1)CN1CCOCC(CN(C)C)C1. The first-order valence-corrected chi connectivity index (χ1v) is 7.29. The van der Waals surface area contributed by atoms with Gasteiger partial charge in [0.15, 0.2) is 0 Å². The molecule has 1 aromatic heterocycles. The number of rotatable bonds is 5. The highest BCUT2D eigenvalue weighted by atomic mass is 16.5. The monoisotopic (exact) mass is 278 g/mol. The first kappa shape index (κ1) is 15.3. The van der Waals surface area contributed by atoms with Gasteiger partial charge in [-0.2, -0.15) is 0 Å². The fourth-order valence-corrected chi connectivity index (χ4v) is 2.74. The molecule has 1 atom stereocenters. The lowest BCUT2D eigenvalue weighted by Gasteiger charge is -2.25. The molecule has 1 fully saturated rings. The van der Waals surface area contributed by atoms with Crippen LogP contribution in [0.4, 0.5) is 0 Å². The summed E-state index contributed by atoms with van der Waals surface area (Å²) in [6.07, 6.45) is 3.83. The molecule has 0 spiro atoms. The second-order valence-electron chi connectivity index (χ2n) is 5.94. The number of nitrogens with zero attached hydrogens (tertiary/aromatic N) is 2. The molecule has 1 aliphatic rings. The summed E-state index contributed by atoms with van der Waals surface area (Å²) in [6, 6.07) is 3.91. The van der Waals surface area contributed by atoms with E-state index in [2.05, 4.69) is 36.9 Å². The maximum Gasteiger partial charge on any atom is 0.126 e. The lowest BCUT2D eigenvalue weighted by molar-refractivity contribution is 0.112. The fraction of sp³-hybridized carbons (Fsp3) is 0.625. The molecule has 0 saturated carbocycles. The molecule has 1 unspecified atom stereocenters. The van der Waals surface area contributed by atoms with E-state index < -0.39 is 0 Å².